The Balaban J connectivity index is 2.42. The van der Waals surface area contributed by atoms with Gasteiger partial charge >= 0.3 is 0 Å². The van der Waals surface area contributed by atoms with Gasteiger partial charge in [-0.25, -0.2) is 13.8 Å². The van der Waals surface area contributed by atoms with Crippen LogP contribution in [0.5, 0.6) is 0 Å². The van der Waals surface area contributed by atoms with Gasteiger partial charge in [-0.3, -0.25) is 0 Å². The number of aliphatic imine (C=N–C) groups is 1. The first-order valence-corrected chi connectivity index (χ1v) is 4.45. The number of benzene rings is 1. The highest BCUT2D eigenvalue weighted by Gasteiger charge is 2.33. The molecule has 3 nitrogen and oxygen atoms in total. The van der Waals surface area contributed by atoms with Gasteiger partial charge in [-0.05, 0) is 24.6 Å². The highest BCUT2D eigenvalue weighted by molar-refractivity contribution is 5.74. The third kappa shape index (κ3) is 1.65. The summed E-state index contributed by atoms with van der Waals surface area (Å²) in [5, 5.41) is 0. The van der Waals surface area contributed by atoms with E-state index in [0.717, 1.165) is 12.1 Å². The van der Waals surface area contributed by atoms with Crippen LogP contribution in [0.3, 0.4) is 0 Å². The van der Waals surface area contributed by atoms with Gasteiger partial charge in [-0.2, -0.15) is 0 Å². The van der Waals surface area contributed by atoms with Crippen LogP contribution in [0.1, 0.15) is 12.5 Å². The Morgan fingerprint density at radius 1 is 1.40 bits per heavy atom. The SMILES string of the molecule is C[C@@]1(c2ccc(F)c(F)c2)COC(N)=N1. The minimum atomic E-state index is -0.894. The number of hydrogen-bond acceptors (Lipinski definition) is 3. The Kier molecular flexibility index (Phi) is 2.10. The van der Waals surface area contributed by atoms with Gasteiger partial charge in [0.25, 0.3) is 6.02 Å². The summed E-state index contributed by atoms with van der Waals surface area (Å²) in [7, 11) is 0. The Hall–Kier alpha value is -1.65. The van der Waals surface area contributed by atoms with Gasteiger partial charge in [0.15, 0.2) is 11.6 Å². The van der Waals surface area contributed by atoms with Crippen LogP contribution in [-0.2, 0) is 10.3 Å². The first-order chi connectivity index (χ1) is 7.01. The van der Waals surface area contributed by atoms with Crippen LogP contribution in [0.2, 0.25) is 0 Å². The second-order valence-corrected chi connectivity index (χ2v) is 3.64. The predicted molar refractivity (Wildman–Crippen MR) is 51.3 cm³/mol. The summed E-state index contributed by atoms with van der Waals surface area (Å²) < 4.78 is 30.7. The number of ether oxygens (including phenoxy) is 1. The first kappa shape index (κ1) is 9.89. The lowest BCUT2D eigenvalue weighted by atomic mass is 9.94. The zero-order valence-electron chi connectivity index (χ0n) is 8.13. The van der Waals surface area contributed by atoms with Crippen LogP contribution in [0.15, 0.2) is 23.2 Å². The number of nitrogens with two attached hydrogens (primary N) is 1. The fourth-order valence-electron chi connectivity index (χ4n) is 1.50. The van der Waals surface area contributed by atoms with E-state index in [1.54, 1.807) is 6.92 Å². The van der Waals surface area contributed by atoms with Crippen LogP contribution >= 0.6 is 0 Å². The second kappa shape index (κ2) is 3.18. The highest BCUT2D eigenvalue weighted by atomic mass is 19.2. The first-order valence-electron chi connectivity index (χ1n) is 4.45. The molecule has 0 spiro atoms. The summed E-state index contributed by atoms with van der Waals surface area (Å²) >= 11 is 0. The molecule has 2 rings (SSSR count). The van der Waals surface area contributed by atoms with Gasteiger partial charge < -0.3 is 10.5 Å². The molecule has 0 aromatic heterocycles. The maximum absolute atomic E-state index is 13.0. The van der Waals surface area contributed by atoms with E-state index in [1.807, 2.05) is 0 Å². The smallest absolute Gasteiger partial charge is 0.283 e. The zero-order chi connectivity index (χ0) is 11.1. The van der Waals surface area contributed by atoms with Gasteiger partial charge in [0.1, 0.15) is 12.1 Å². The van der Waals surface area contributed by atoms with Crippen molar-refractivity contribution in [2.75, 3.05) is 6.61 Å². The second-order valence-electron chi connectivity index (χ2n) is 3.64. The van der Waals surface area contributed by atoms with Crippen LogP contribution in [-0.4, -0.2) is 12.6 Å². The molecule has 2 N–H and O–H groups in total. The van der Waals surface area contributed by atoms with E-state index in [1.165, 1.54) is 6.07 Å². The lowest BCUT2D eigenvalue weighted by Crippen LogP contribution is -2.21. The van der Waals surface area contributed by atoms with Gasteiger partial charge in [0, 0.05) is 0 Å². The Bertz CT molecular complexity index is 433. The molecule has 1 aliphatic heterocycles. The van der Waals surface area contributed by atoms with Crippen molar-refractivity contribution >= 4 is 6.02 Å². The summed E-state index contributed by atoms with van der Waals surface area (Å²) in [5.74, 6) is -1.77. The molecule has 0 fully saturated rings. The molecule has 0 bridgehead atoms. The molecular formula is C10H10F2N2O. The van der Waals surface area contributed by atoms with E-state index < -0.39 is 17.2 Å². The number of hydrogen-bond donors (Lipinski definition) is 1. The number of nitrogens with zero attached hydrogens (tertiary/aromatic N) is 1. The summed E-state index contributed by atoms with van der Waals surface area (Å²) in [5.41, 5.74) is 5.20. The maximum atomic E-state index is 13.0. The van der Waals surface area contributed by atoms with Crippen molar-refractivity contribution in [3.8, 4) is 0 Å². The van der Waals surface area contributed by atoms with Crippen LogP contribution < -0.4 is 5.73 Å². The van der Waals surface area contributed by atoms with E-state index in [0.29, 0.717) is 5.56 Å². The molecule has 15 heavy (non-hydrogen) atoms. The van der Waals surface area contributed by atoms with Gasteiger partial charge in [0.05, 0.1) is 0 Å². The van der Waals surface area contributed by atoms with E-state index in [-0.39, 0.29) is 12.6 Å². The molecule has 1 aromatic rings. The van der Waals surface area contributed by atoms with Crippen molar-refractivity contribution < 1.29 is 13.5 Å². The van der Waals surface area contributed by atoms with Crippen molar-refractivity contribution in [2.24, 2.45) is 10.7 Å². The molecular weight excluding hydrogens is 202 g/mol. The predicted octanol–water partition coefficient (Wildman–Crippen LogP) is 1.52. The molecule has 1 atom stereocenters. The van der Waals surface area contributed by atoms with Crippen molar-refractivity contribution in [1.29, 1.82) is 0 Å². The number of halogens is 2. The Labute approximate surface area is 85.6 Å². The summed E-state index contributed by atoms with van der Waals surface area (Å²) in [6.07, 6.45) is 0. The monoisotopic (exact) mass is 212 g/mol. The number of rotatable bonds is 1. The van der Waals surface area contributed by atoms with Gasteiger partial charge in [-0.1, -0.05) is 6.07 Å². The molecule has 0 saturated heterocycles. The highest BCUT2D eigenvalue weighted by Crippen LogP contribution is 2.30. The molecule has 80 valence electrons. The van der Waals surface area contributed by atoms with Gasteiger partial charge in [0.2, 0.25) is 0 Å². The average molecular weight is 212 g/mol. The molecule has 0 amide bonds. The standard InChI is InChI=1S/C10H10F2N2O/c1-10(5-15-9(13)14-10)6-2-3-7(11)8(12)4-6/h2-4H,5H2,1H3,(H2,13,14)/t10-/m0/s1. The summed E-state index contributed by atoms with van der Waals surface area (Å²) in [6.45, 7) is 1.99. The van der Waals surface area contributed by atoms with E-state index in [4.69, 9.17) is 10.5 Å². The molecule has 1 aromatic carbocycles. The quantitative estimate of drug-likeness (QED) is 0.767. The maximum Gasteiger partial charge on any atom is 0.283 e. The van der Waals surface area contributed by atoms with Crippen molar-refractivity contribution in [1.82, 2.24) is 0 Å². The van der Waals surface area contributed by atoms with Crippen LogP contribution in [0.25, 0.3) is 0 Å². The molecule has 0 radical (unpaired) electrons. The van der Waals surface area contributed by atoms with E-state index in [2.05, 4.69) is 4.99 Å². The molecule has 0 unspecified atom stereocenters. The normalized spacial score (nSPS) is 24.9. The molecule has 1 aliphatic rings. The Morgan fingerprint density at radius 2 is 2.13 bits per heavy atom. The summed E-state index contributed by atoms with van der Waals surface area (Å²) in [6, 6.07) is 3.73. The largest absolute Gasteiger partial charge is 0.462 e. The number of amidine groups is 1. The lowest BCUT2D eigenvalue weighted by molar-refractivity contribution is 0.266. The fourth-order valence-corrected chi connectivity index (χ4v) is 1.50. The summed E-state index contributed by atoms with van der Waals surface area (Å²) in [4.78, 5) is 4.04. The lowest BCUT2D eigenvalue weighted by Gasteiger charge is -2.18. The van der Waals surface area contributed by atoms with Crippen LogP contribution in [0.4, 0.5) is 8.78 Å². The van der Waals surface area contributed by atoms with Crippen molar-refractivity contribution in [2.45, 2.75) is 12.5 Å². The third-order valence-corrected chi connectivity index (χ3v) is 2.40. The molecule has 5 heteroatoms. The minimum absolute atomic E-state index is 0.0715. The van der Waals surface area contributed by atoms with Crippen molar-refractivity contribution in [3.05, 3.63) is 35.4 Å². The van der Waals surface area contributed by atoms with E-state index in [9.17, 15) is 8.78 Å². The van der Waals surface area contributed by atoms with Gasteiger partial charge in [-0.15, -0.1) is 0 Å². The molecule has 1 heterocycles. The zero-order valence-corrected chi connectivity index (χ0v) is 8.13. The minimum Gasteiger partial charge on any atom is -0.462 e. The fraction of sp³-hybridized carbons (Fsp3) is 0.300. The van der Waals surface area contributed by atoms with Crippen molar-refractivity contribution in [3.63, 3.8) is 0 Å². The molecule has 0 aliphatic carbocycles. The Morgan fingerprint density at radius 3 is 2.67 bits per heavy atom. The third-order valence-electron chi connectivity index (χ3n) is 2.40. The van der Waals surface area contributed by atoms with Crippen LogP contribution in [0, 0.1) is 11.6 Å². The topological polar surface area (TPSA) is 47.6 Å². The average Bonchev–Trinajstić information content (AvgIpc) is 2.52. The van der Waals surface area contributed by atoms with E-state index >= 15 is 0 Å². The molecule has 0 saturated carbocycles.